The number of unbranched alkanes of at least 4 members (excludes halogenated alkanes) is 3. The number of rotatable bonds is 22. The van der Waals surface area contributed by atoms with Gasteiger partial charge in [-0.1, -0.05) is 73.9 Å². The average Bonchev–Trinajstić information content (AvgIpc) is 3.58. The van der Waals surface area contributed by atoms with E-state index >= 15 is 0 Å². The molecule has 0 saturated carbocycles. The fourth-order valence-electron chi connectivity index (χ4n) is 6.10. The molecule has 266 valence electrons. The molecule has 1 amide bonds. The lowest BCUT2D eigenvalue weighted by Gasteiger charge is -2.27. The molecule has 0 aromatic heterocycles. The third kappa shape index (κ3) is 13.7. The van der Waals surface area contributed by atoms with E-state index in [0.29, 0.717) is 38.2 Å². The smallest absolute Gasteiger partial charge is 0.328 e. The van der Waals surface area contributed by atoms with Crippen molar-refractivity contribution in [3.63, 3.8) is 0 Å². The molecule has 0 unspecified atom stereocenters. The number of hydrogen-bond donors (Lipinski definition) is 2. The second-order valence-electron chi connectivity index (χ2n) is 12.4. The second-order valence-corrected chi connectivity index (χ2v) is 12.4. The maximum atomic E-state index is 13.6. The van der Waals surface area contributed by atoms with Crippen LogP contribution in [0.1, 0.15) is 82.8 Å². The molecule has 1 saturated heterocycles. The molecule has 0 radical (unpaired) electrons. The molecular formula is C40H53NO8. The quantitative estimate of drug-likeness (QED) is 0.0614. The summed E-state index contributed by atoms with van der Waals surface area (Å²) in [6.45, 7) is 5.10. The van der Waals surface area contributed by atoms with Crippen molar-refractivity contribution in [3.8, 4) is 17.6 Å². The highest BCUT2D eigenvalue weighted by Crippen LogP contribution is 2.32. The van der Waals surface area contributed by atoms with E-state index in [-0.39, 0.29) is 13.0 Å². The fraction of sp³-hybridized carbons (Fsp3) is 0.525. The maximum Gasteiger partial charge on any atom is 0.328 e. The van der Waals surface area contributed by atoms with Crippen molar-refractivity contribution in [1.82, 2.24) is 5.32 Å². The van der Waals surface area contributed by atoms with Gasteiger partial charge in [-0.3, -0.25) is 9.59 Å². The van der Waals surface area contributed by atoms with Crippen LogP contribution in [0, 0.1) is 23.7 Å². The van der Waals surface area contributed by atoms with Crippen LogP contribution in [-0.4, -0.2) is 61.7 Å². The standard InChI is InChI=1S/C40H53NO8/c1-4-6-27-47-33-23-21-32(22-24-33)30-36(39(45)46-3)41-37(42)34(35(16-5-2)38(43)44)20-12-7-8-14-25-40(48-28-29-49-40)26-15-13-19-31-17-10-9-11-18-31/h9-12,17-18,20-24,34-36H,5,7-8,13-16,19,25-30H2,1-3H3,(H,41,42)(H,43,44)/b20-12+/t34-,35+,36-/m0/s1. The fourth-order valence-corrected chi connectivity index (χ4v) is 6.10. The van der Waals surface area contributed by atoms with E-state index in [1.165, 1.54) is 12.7 Å². The highest BCUT2D eigenvalue weighted by Gasteiger charge is 2.36. The summed E-state index contributed by atoms with van der Waals surface area (Å²) in [5.41, 5.74) is 2.12. The Labute approximate surface area is 291 Å². The number of aryl methyl sites for hydroxylation is 1. The molecule has 0 aliphatic carbocycles. The monoisotopic (exact) mass is 675 g/mol. The lowest BCUT2D eigenvalue weighted by molar-refractivity contribution is -0.168. The van der Waals surface area contributed by atoms with Crippen LogP contribution in [0.2, 0.25) is 0 Å². The molecule has 1 aliphatic rings. The first-order valence-corrected chi connectivity index (χ1v) is 17.5. The number of carbonyl (C=O) groups excluding carboxylic acids is 2. The number of hydrogen-bond acceptors (Lipinski definition) is 7. The molecule has 1 fully saturated rings. The number of nitrogens with one attached hydrogen (secondary N) is 1. The number of carbonyl (C=O) groups is 3. The van der Waals surface area contributed by atoms with E-state index < -0.39 is 41.5 Å². The number of ether oxygens (including phenoxy) is 4. The topological polar surface area (TPSA) is 120 Å². The number of amides is 1. The van der Waals surface area contributed by atoms with Crippen molar-refractivity contribution in [2.24, 2.45) is 11.8 Å². The summed E-state index contributed by atoms with van der Waals surface area (Å²) in [5.74, 6) is 1.65. The minimum Gasteiger partial charge on any atom is -0.481 e. The lowest BCUT2D eigenvalue weighted by atomic mass is 9.86. The van der Waals surface area contributed by atoms with E-state index in [2.05, 4.69) is 41.4 Å². The Morgan fingerprint density at radius 2 is 1.67 bits per heavy atom. The highest BCUT2D eigenvalue weighted by atomic mass is 16.7. The van der Waals surface area contributed by atoms with Gasteiger partial charge in [0, 0.05) is 19.3 Å². The number of carboxylic acids is 1. The molecule has 0 spiro atoms. The van der Waals surface area contributed by atoms with Crippen LogP contribution in [0.25, 0.3) is 0 Å². The molecule has 9 heteroatoms. The Morgan fingerprint density at radius 1 is 0.980 bits per heavy atom. The molecule has 3 atom stereocenters. The van der Waals surface area contributed by atoms with Gasteiger partial charge in [-0.25, -0.2) is 4.79 Å². The zero-order chi connectivity index (χ0) is 35.3. The number of benzene rings is 2. The van der Waals surface area contributed by atoms with Gasteiger partial charge in [0.2, 0.25) is 5.91 Å². The minimum atomic E-state index is -1.05. The van der Waals surface area contributed by atoms with Gasteiger partial charge in [0.25, 0.3) is 0 Å². The van der Waals surface area contributed by atoms with Crippen LogP contribution >= 0.6 is 0 Å². The van der Waals surface area contributed by atoms with Crippen molar-refractivity contribution < 1.29 is 38.4 Å². The Morgan fingerprint density at radius 3 is 2.31 bits per heavy atom. The van der Waals surface area contributed by atoms with E-state index in [9.17, 15) is 19.5 Å². The number of carboxylic acid groups (broad SMARTS) is 1. The van der Waals surface area contributed by atoms with Crippen molar-refractivity contribution in [1.29, 1.82) is 0 Å². The molecule has 3 rings (SSSR count). The SMILES string of the molecule is CC#CCOc1ccc(C[C@H](NC(=O)[C@@H](/C=C/CCCCC2(CCCCc3ccccc3)OCCO2)[C@@H](CCC)C(=O)O)C(=O)OC)cc1. The number of methoxy groups -OCH3 is 1. The van der Waals surface area contributed by atoms with Crippen LogP contribution < -0.4 is 10.1 Å². The maximum absolute atomic E-state index is 13.6. The molecular weight excluding hydrogens is 622 g/mol. The zero-order valence-corrected chi connectivity index (χ0v) is 29.3. The molecule has 2 N–H and O–H groups in total. The Bertz CT molecular complexity index is 1370. The van der Waals surface area contributed by atoms with Gasteiger partial charge in [0.05, 0.1) is 32.2 Å². The summed E-state index contributed by atoms with van der Waals surface area (Å²) in [4.78, 5) is 38.6. The summed E-state index contributed by atoms with van der Waals surface area (Å²) >= 11 is 0. The normalized spacial score (nSPS) is 15.5. The van der Waals surface area contributed by atoms with Crippen LogP contribution in [0.5, 0.6) is 5.75 Å². The van der Waals surface area contributed by atoms with Gasteiger partial charge in [0.1, 0.15) is 18.4 Å². The van der Waals surface area contributed by atoms with Crippen molar-refractivity contribution in [2.45, 2.75) is 96.3 Å². The summed E-state index contributed by atoms with van der Waals surface area (Å²) in [7, 11) is 1.26. The lowest BCUT2D eigenvalue weighted by Crippen LogP contribution is -2.47. The van der Waals surface area contributed by atoms with Crippen molar-refractivity contribution >= 4 is 17.8 Å². The summed E-state index contributed by atoms with van der Waals surface area (Å²) < 4.78 is 22.7. The van der Waals surface area contributed by atoms with Gasteiger partial charge in [0.15, 0.2) is 5.79 Å². The zero-order valence-electron chi connectivity index (χ0n) is 29.3. The van der Waals surface area contributed by atoms with E-state index in [0.717, 1.165) is 50.5 Å². The summed E-state index contributed by atoms with van der Waals surface area (Å²) in [6, 6.07) is 16.6. The largest absolute Gasteiger partial charge is 0.481 e. The van der Waals surface area contributed by atoms with Crippen LogP contribution in [-0.2, 0) is 41.4 Å². The van der Waals surface area contributed by atoms with E-state index in [4.69, 9.17) is 18.9 Å². The Balaban J connectivity index is 1.57. The predicted octanol–water partition coefficient (Wildman–Crippen LogP) is 6.68. The van der Waals surface area contributed by atoms with Crippen molar-refractivity contribution in [2.75, 3.05) is 26.9 Å². The van der Waals surface area contributed by atoms with Gasteiger partial charge < -0.3 is 29.4 Å². The van der Waals surface area contributed by atoms with Crippen LogP contribution in [0.3, 0.4) is 0 Å². The van der Waals surface area contributed by atoms with Gasteiger partial charge >= 0.3 is 11.9 Å². The number of esters is 1. The molecule has 1 aliphatic heterocycles. The highest BCUT2D eigenvalue weighted by molar-refractivity contribution is 5.90. The Kier molecular flexibility index (Phi) is 17.5. The third-order valence-corrected chi connectivity index (χ3v) is 8.76. The van der Waals surface area contributed by atoms with E-state index in [1.54, 1.807) is 25.1 Å². The van der Waals surface area contributed by atoms with Crippen molar-refractivity contribution in [3.05, 3.63) is 77.9 Å². The molecule has 9 nitrogen and oxygen atoms in total. The third-order valence-electron chi connectivity index (χ3n) is 8.76. The Hall–Kier alpha value is -4.13. The van der Waals surface area contributed by atoms with Gasteiger partial charge in [-0.15, -0.1) is 5.92 Å². The number of allylic oxidation sites excluding steroid dienone is 1. The second kappa shape index (κ2) is 21.8. The predicted molar refractivity (Wildman–Crippen MR) is 189 cm³/mol. The molecule has 49 heavy (non-hydrogen) atoms. The summed E-state index contributed by atoms with van der Waals surface area (Å²) in [5, 5.41) is 12.8. The van der Waals surface area contributed by atoms with Gasteiger partial charge in [-0.05, 0) is 75.1 Å². The first-order valence-electron chi connectivity index (χ1n) is 17.5. The molecule has 1 heterocycles. The van der Waals surface area contributed by atoms with E-state index in [1.807, 2.05) is 31.2 Å². The van der Waals surface area contributed by atoms with Crippen LogP contribution in [0.15, 0.2) is 66.7 Å². The summed E-state index contributed by atoms with van der Waals surface area (Å²) in [6.07, 6.45) is 11.8. The number of aliphatic carboxylic acids is 1. The first kappa shape index (κ1) is 39.3. The minimum absolute atomic E-state index is 0.174. The molecule has 2 aromatic carbocycles. The average molecular weight is 676 g/mol. The van der Waals surface area contributed by atoms with Crippen LogP contribution in [0.4, 0.5) is 0 Å². The molecule has 0 bridgehead atoms. The first-order chi connectivity index (χ1) is 23.8. The molecule has 2 aromatic rings. The van der Waals surface area contributed by atoms with Gasteiger partial charge in [-0.2, -0.15) is 0 Å².